The highest BCUT2D eigenvalue weighted by Gasteiger charge is 2.27. The molecule has 0 aliphatic rings. The molecule has 0 aliphatic carbocycles. The van der Waals surface area contributed by atoms with Crippen LogP contribution in [0.4, 0.5) is 0 Å². The number of halogens is 3. The average molecular weight is 414 g/mol. The van der Waals surface area contributed by atoms with Crippen molar-refractivity contribution in [2.45, 2.75) is 12.5 Å². The highest BCUT2D eigenvalue weighted by molar-refractivity contribution is 6.42. The minimum Gasteiger partial charge on any atom is -0.490 e. The van der Waals surface area contributed by atoms with Crippen LogP contribution in [0.2, 0.25) is 15.1 Å². The van der Waals surface area contributed by atoms with Crippen molar-refractivity contribution in [2.24, 2.45) is 0 Å². The molecule has 0 aromatic heterocycles. The van der Waals surface area contributed by atoms with E-state index in [1.807, 2.05) is 6.07 Å². The van der Waals surface area contributed by atoms with E-state index >= 15 is 0 Å². The molecule has 8 heteroatoms. The number of nitrogens with zero attached hydrogens (tertiary/aromatic N) is 1. The Hall–Kier alpha value is -2.13. The molecule has 1 amide bonds. The number of carbonyl (C=O) groups excluding carboxylic acids is 1. The van der Waals surface area contributed by atoms with Gasteiger partial charge in [0.05, 0.1) is 16.1 Å². The minimum atomic E-state index is -1.24. The number of carbonyl (C=O) groups is 1. The maximum absolute atomic E-state index is 12.1. The number of nitrogens with one attached hydrogen (secondary N) is 1. The molecule has 0 radical (unpaired) electrons. The Morgan fingerprint density at radius 3 is 2.35 bits per heavy atom. The zero-order valence-electron chi connectivity index (χ0n) is 13.8. The van der Waals surface area contributed by atoms with Gasteiger partial charge < -0.3 is 14.8 Å². The van der Waals surface area contributed by atoms with E-state index in [1.54, 1.807) is 43.3 Å². The molecule has 2 aromatic rings. The van der Waals surface area contributed by atoms with Gasteiger partial charge >= 0.3 is 0 Å². The topological polar surface area (TPSA) is 71.3 Å². The van der Waals surface area contributed by atoms with Crippen molar-refractivity contribution >= 4 is 40.7 Å². The van der Waals surface area contributed by atoms with Crippen LogP contribution in [-0.4, -0.2) is 24.7 Å². The molecule has 2 aromatic carbocycles. The molecule has 0 spiro atoms. The lowest BCUT2D eigenvalue weighted by atomic mass is 10.1. The van der Waals surface area contributed by atoms with Gasteiger partial charge in [0, 0.05) is 11.1 Å². The van der Waals surface area contributed by atoms with Crippen LogP contribution in [0.5, 0.6) is 11.5 Å². The first-order chi connectivity index (χ1) is 12.3. The van der Waals surface area contributed by atoms with Gasteiger partial charge in [0.2, 0.25) is 0 Å². The standard InChI is InChI=1S/C18H15Cl3N2O3/c1-18(10-22,11-26-14-6-7-15(20)16(21)8-14)23-17(24)9-25-13-4-2-12(19)3-5-13/h2-8H,9,11H2,1H3,(H,23,24). The van der Waals surface area contributed by atoms with E-state index in [0.29, 0.717) is 26.6 Å². The Morgan fingerprint density at radius 1 is 1.08 bits per heavy atom. The third-order valence-electron chi connectivity index (χ3n) is 3.26. The van der Waals surface area contributed by atoms with Crippen molar-refractivity contribution < 1.29 is 14.3 Å². The van der Waals surface area contributed by atoms with Crippen molar-refractivity contribution in [1.29, 1.82) is 5.26 Å². The lowest BCUT2D eigenvalue weighted by Gasteiger charge is -2.23. The number of hydrogen-bond donors (Lipinski definition) is 1. The first kappa shape index (κ1) is 20.2. The SMILES string of the molecule is CC(C#N)(COc1ccc(Cl)c(Cl)c1)NC(=O)COc1ccc(Cl)cc1. The van der Waals surface area contributed by atoms with Gasteiger partial charge in [-0.3, -0.25) is 4.79 Å². The van der Waals surface area contributed by atoms with E-state index in [4.69, 9.17) is 44.3 Å². The Bertz CT molecular complexity index is 821. The number of ether oxygens (including phenoxy) is 2. The number of benzene rings is 2. The summed E-state index contributed by atoms with van der Waals surface area (Å²) in [5, 5.41) is 13.3. The molecular formula is C18H15Cl3N2O3. The van der Waals surface area contributed by atoms with E-state index in [2.05, 4.69) is 5.32 Å². The average Bonchev–Trinajstić information content (AvgIpc) is 2.62. The molecular weight excluding hydrogens is 399 g/mol. The second-order valence-electron chi connectivity index (χ2n) is 5.60. The van der Waals surface area contributed by atoms with Gasteiger partial charge in [0.25, 0.3) is 5.91 Å². The highest BCUT2D eigenvalue weighted by atomic mass is 35.5. The summed E-state index contributed by atoms with van der Waals surface area (Å²) in [6.45, 7) is 1.23. The van der Waals surface area contributed by atoms with Gasteiger partial charge in [-0.05, 0) is 43.3 Å². The van der Waals surface area contributed by atoms with Gasteiger partial charge in [-0.15, -0.1) is 0 Å². The lowest BCUT2D eigenvalue weighted by molar-refractivity contribution is -0.124. The zero-order chi connectivity index (χ0) is 19.2. The van der Waals surface area contributed by atoms with Crippen LogP contribution >= 0.6 is 34.8 Å². The second kappa shape index (κ2) is 9.00. The smallest absolute Gasteiger partial charge is 0.259 e. The lowest BCUT2D eigenvalue weighted by Crippen LogP contribution is -2.50. The van der Waals surface area contributed by atoms with Gasteiger partial charge in [0.15, 0.2) is 12.1 Å². The first-order valence-corrected chi connectivity index (χ1v) is 8.63. The molecule has 2 rings (SSSR count). The third kappa shape index (κ3) is 5.99. The van der Waals surface area contributed by atoms with E-state index < -0.39 is 11.4 Å². The molecule has 0 aliphatic heterocycles. The van der Waals surface area contributed by atoms with E-state index in [-0.39, 0.29) is 13.2 Å². The molecule has 0 saturated heterocycles. The maximum Gasteiger partial charge on any atom is 0.259 e. The van der Waals surface area contributed by atoms with Crippen LogP contribution in [0.1, 0.15) is 6.92 Å². The zero-order valence-corrected chi connectivity index (χ0v) is 16.0. The third-order valence-corrected chi connectivity index (χ3v) is 4.26. The van der Waals surface area contributed by atoms with E-state index in [9.17, 15) is 10.1 Å². The predicted molar refractivity (Wildman–Crippen MR) is 101 cm³/mol. The van der Waals surface area contributed by atoms with Crippen molar-refractivity contribution in [3.05, 3.63) is 57.5 Å². The van der Waals surface area contributed by atoms with Crippen LogP contribution in [0.25, 0.3) is 0 Å². The normalized spacial score (nSPS) is 12.6. The molecule has 5 nitrogen and oxygen atoms in total. The van der Waals surface area contributed by atoms with Gasteiger partial charge in [-0.25, -0.2) is 0 Å². The summed E-state index contributed by atoms with van der Waals surface area (Å²) in [5.74, 6) is 0.476. The number of rotatable bonds is 7. The molecule has 1 N–H and O–H groups in total. The Kier molecular flexibility index (Phi) is 6.98. The fourth-order valence-electron chi connectivity index (χ4n) is 1.91. The van der Waals surface area contributed by atoms with Crippen LogP contribution in [0, 0.1) is 11.3 Å². The van der Waals surface area contributed by atoms with Crippen molar-refractivity contribution in [1.82, 2.24) is 5.32 Å². The molecule has 26 heavy (non-hydrogen) atoms. The maximum atomic E-state index is 12.1. The predicted octanol–water partition coefficient (Wildman–Crippen LogP) is 4.50. The van der Waals surface area contributed by atoms with Gasteiger partial charge in [-0.1, -0.05) is 34.8 Å². The van der Waals surface area contributed by atoms with Gasteiger partial charge in [-0.2, -0.15) is 5.26 Å². The highest BCUT2D eigenvalue weighted by Crippen LogP contribution is 2.26. The molecule has 1 unspecified atom stereocenters. The quantitative estimate of drug-likeness (QED) is 0.725. The molecule has 0 bridgehead atoms. The Balaban J connectivity index is 1.89. The fourth-order valence-corrected chi connectivity index (χ4v) is 2.33. The van der Waals surface area contributed by atoms with Crippen LogP contribution in [-0.2, 0) is 4.79 Å². The minimum absolute atomic E-state index is 0.0753. The van der Waals surface area contributed by atoms with E-state index in [1.165, 1.54) is 6.07 Å². The van der Waals surface area contributed by atoms with Crippen molar-refractivity contribution in [3.63, 3.8) is 0 Å². The summed E-state index contributed by atoms with van der Waals surface area (Å²) >= 11 is 17.5. The summed E-state index contributed by atoms with van der Waals surface area (Å²) in [5.41, 5.74) is -1.24. The largest absolute Gasteiger partial charge is 0.490 e. The van der Waals surface area contributed by atoms with E-state index in [0.717, 1.165) is 0 Å². The Labute approximate surface area is 166 Å². The number of hydrogen-bond acceptors (Lipinski definition) is 4. The first-order valence-electron chi connectivity index (χ1n) is 7.50. The monoisotopic (exact) mass is 412 g/mol. The molecule has 1 atom stereocenters. The summed E-state index contributed by atoms with van der Waals surface area (Å²) in [6, 6.07) is 13.4. The number of nitriles is 1. The van der Waals surface area contributed by atoms with Crippen molar-refractivity contribution in [2.75, 3.05) is 13.2 Å². The molecule has 0 heterocycles. The van der Waals surface area contributed by atoms with Crippen LogP contribution in [0.3, 0.4) is 0 Å². The van der Waals surface area contributed by atoms with Crippen molar-refractivity contribution in [3.8, 4) is 17.6 Å². The summed E-state index contributed by atoms with van der Waals surface area (Å²) in [7, 11) is 0. The molecule has 0 fully saturated rings. The second-order valence-corrected chi connectivity index (χ2v) is 6.85. The molecule has 0 saturated carbocycles. The van der Waals surface area contributed by atoms with Crippen LogP contribution < -0.4 is 14.8 Å². The van der Waals surface area contributed by atoms with Gasteiger partial charge in [0.1, 0.15) is 18.1 Å². The fraction of sp³-hybridized carbons (Fsp3) is 0.222. The van der Waals surface area contributed by atoms with Crippen LogP contribution in [0.15, 0.2) is 42.5 Å². The Morgan fingerprint density at radius 2 is 1.73 bits per heavy atom. The summed E-state index contributed by atoms with van der Waals surface area (Å²) in [6.07, 6.45) is 0. The number of amides is 1. The summed E-state index contributed by atoms with van der Waals surface area (Å²) < 4.78 is 10.9. The molecule has 136 valence electrons. The summed E-state index contributed by atoms with van der Waals surface area (Å²) in [4.78, 5) is 12.1.